The number of aliphatic hydroxyl groups excluding tert-OH is 1. The highest BCUT2D eigenvalue weighted by Crippen LogP contribution is 2.63. The van der Waals surface area contributed by atoms with Gasteiger partial charge in [0.05, 0.1) is 11.0 Å². The van der Waals surface area contributed by atoms with Crippen LogP contribution in [0.5, 0.6) is 0 Å². The second kappa shape index (κ2) is 15.3. The fraction of sp³-hybridized carbons (Fsp3) is 0.615. The number of esters is 1. The Morgan fingerprint density at radius 3 is 2.32 bits per heavy atom. The number of amides is 1. The lowest BCUT2D eigenvalue weighted by Gasteiger charge is -2.56. The highest BCUT2D eigenvalue weighted by Gasteiger charge is 2.61. The van der Waals surface area contributed by atoms with E-state index in [4.69, 9.17) is 8.92 Å². The quantitative estimate of drug-likeness (QED) is 0.173. The third kappa shape index (κ3) is 8.91. The molecule has 3 N–H and O–H groups in total. The molecule has 0 saturated heterocycles. The fourth-order valence-electron chi connectivity index (χ4n) is 9.04. The van der Waals surface area contributed by atoms with Crippen LogP contribution in [0.2, 0.25) is 0 Å². The van der Waals surface area contributed by atoms with Crippen LogP contribution < -0.4 is 10.6 Å². The lowest BCUT2D eigenvalue weighted by atomic mass is 9.51. The van der Waals surface area contributed by atoms with Gasteiger partial charge in [0, 0.05) is 36.5 Å². The first-order chi connectivity index (χ1) is 24.7. The van der Waals surface area contributed by atoms with E-state index in [2.05, 4.69) is 26.1 Å². The van der Waals surface area contributed by atoms with Gasteiger partial charge in [0.15, 0.2) is 6.61 Å². The second-order valence-corrected chi connectivity index (χ2v) is 17.8. The third-order valence-corrected chi connectivity index (χ3v) is 13.9. The Morgan fingerprint density at radius 1 is 1.02 bits per heavy atom. The number of ketones is 1. The van der Waals surface area contributed by atoms with E-state index in [9.17, 15) is 41.1 Å². The molecule has 14 heteroatoms. The van der Waals surface area contributed by atoms with Gasteiger partial charge >= 0.3 is 18.1 Å². The van der Waals surface area contributed by atoms with Gasteiger partial charge in [-0.1, -0.05) is 57.5 Å². The molecule has 3 aliphatic rings. The Bertz CT molecular complexity index is 1770. The van der Waals surface area contributed by atoms with Crippen LogP contribution in [0.25, 0.3) is 0 Å². The highest BCUT2D eigenvalue weighted by atomic mass is 32.2. The molecule has 0 heterocycles. The summed E-state index contributed by atoms with van der Waals surface area (Å²) in [4.78, 5) is 37.8. The van der Waals surface area contributed by atoms with Crippen molar-refractivity contribution >= 4 is 33.5 Å². The number of ether oxygens (including phenoxy) is 1. The number of hydrogen-bond acceptors (Lipinski definition) is 9. The van der Waals surface area contributed by atoms with Gasteiger partial charge in [0.1, 0.15) is 11.9 Å². The van der Waals surface area contributed by atoms with E-state index in [1.807, 2.05) is 19.2 Å². The summed E-state index contributed by atoms with van der Waals surface area (Å²) >= 11 is 0. The Labute approximate surface area is 309 Å². The van der Waals surface area contributed by atoms with Crippen molar-refractivity contribution in [3.63, 3.8) is 0 Å². The topological polar surface area (TPSA) is 148 Å². The zero-order chi connectivity index (χ0) is 39.0. The van der Waals surface area contributed by atoms with Crippen LogP contribution in [0.3, 0.4) is 0 Å². The number of hydrogen-bond donors (Lipinski definition) is 3. The number of halogens is 3. The maximum absolute atomic E-state index is 13.5. The van der Waals surface area contributed by atoms with Crippen molar-refractivity contribution in [2.45, 2.75) is 109 Å². The van der Waals surface area contributed by atoms with Gasteiger partial charge in [-0.05, 0) is 97.9 Å². The number of benzene rings is 2. The van der Waals surface area contributed by atoms with E-state index in [1.165, 1.54) is 12.1 Å². The average molecular weight is 765 g/mol. The molecule has 3 saturated carbocycles. The Morgan fingerprint density at radius 2 is 1.68 bits per heavy atom. The monoisotopic (exact) mass is 764 g/mol. The molecule has 1 amide bonds. The van der Waals surface area contributed by atoms with Crippen molar-refractivity contribution in [1.82, 2.24) is 5.32 Å². The molecule has 10 nitrogen and oxygen atoms in total. The first kappa shape index (κ1) is 40.7. The molecule has 3 bridgehead atoms. The molecule has 53 heavy (non-hydrogen) atoms. The van der Waals surface area contributed by atoms with Gasteiger partial charge in [-0.3, -0.25) is 13.8 Å². The third-order valence-electron chi connectivity index (χ3n) is 12.6. The van der Waals surface area contributed by atoms with Gasteiger partial charge in [-0.2, -0.15) is 21.6 Å². The van der Waals surface area contributed by atoms with Crippen LogP contribution in [0.15, 0.2) is 53.4 Å². The molecular formula is C39H51F3N2O8S. The second-order valence-electron chi connectivity index (χ2n) is 16.2. The Hall–Kier alpha value is -3.49. The molecule has 1 unspecified atom stereocenters. The van der Waals surface area contributed by atoms with Gasteiger partial charge in [-0.15, -0.1) is 0 Å². The number of fused-ring (bicyclic) bond motifs is 2. The van der Waals surface area contributed by atoms with Crippen molar-refractivity contribution < 1.29 is 50.0 Å². The number of rotatable bonds is 11. The molecule has 1 spiro atoms. The van der Waals surface area contributed by atoms with Gasteiger partial charge in [0.25, 0.3) is 10.1 Å². The van der Waals surface area contributed by atoms with E-state index in [0.29, 0.717) is 56.3 Å². The zero-order valence-electron chi connectivity index (χ0n) is 30.9. The largest absolute Gasteiger partial charge is 0.471 e. The number of carbonyl (C=O) groups is 3. The van der Waals surface area contributed by atoms with Crippen LogP contribution >= 0.6 is 0 Å². The van der Waals surface area contributed by atoms with Gasteiger partial charge < -0.3 is 20.5 Å². The lowest BCUT2D eigenvalue weighted by molar-refractivity contribution is -0.183. The minimum absolute atomic E-state index is 0.0318. The van der Waals surface area contributed by atoms with Crippen LogP contribution in [0.1, 0.15) is 83.8 Å². The van der Waals surface area contributed by atoms with Gasteiger partial charge in [-0.25, -0.2) is 4.79 Å². The highest BCUT2D eigenvalue weighted by molar-refractivity contribution is 7.86. The SMILES string of the molecule is Cc1ccc(S(=O)(=O)OCC(=O)O[C@@H]2C[C@](C)(CCNc3ccc(CNC(=O)C(F)(F)F)cc3)[C@@H](O)[C@H](C)[C@]34CCC(=O)C(C[C@@H](C)[C@]2(C)C3)C4)cc1. The molecule has 0 radical (unpaired) electrons. The number of anilines is 1. The first-order valence-electron chi connectivity index (χ1n) is 18.2. The molecular weight excluding hydrogens is 713 g/mol. The Balaban J connectivity index is 1.36. The molecule has 5 rings (SSSR count). The number of alkyl halides is 3. The lowest BCUT2D eigenvalue weighted by Crippen LogP contribution is -2.56. The van der Waals surface area contributed by atoms with Crippen LogP contribution in [-0.4, -0.2) is 62.7 Å². The molecule has 0 aliphatic heterocycles. The maximum Gasteiger partial charge on any atom is 0.471 e. The summed E-state index contributed by atoms with van der Waals surface area (Å²) in [6, 6.07) is 12.7. The smallest absolute Gasteiger partial charge is 0.460 e. The summed E-state index contributed by atoms with van der Waals surface area (Å²) in [6.45, 7) is 9.31. The van der Waals surface area contributed by atoms with Gasteiger partial charge in [0.2, 0.25) is 0 Å². The fourth-order valence-corrected chi connectivity index (χ4v) is 9.90. The zero-order valence-corrected chi connectivity index (χ0v) is 31.7. The molecule has 2 aromatic rings. The van der Waals surface area contributed by atoms with E-state index in [0.717, 1.165) is 5.56 Å². The summed E-state index contributed by atoms with van der Waals surface area (Å²) in [5.41, 5.74) is 0.238. The predicted octanol–water partition coefficient (Wildman–Crippen LogP) is 6.49. The maximum atomic E-state index is 13.5. The van der Waals surface area contributed by atoms with E-state index < -0.39 is 57.8 Å². The summed E-state index contributed by atoms with van der Waals surface area (Å²) in [7, 11) is -4.24. The predicted molar refractivity (Wildman–Crippen MR) is 191 cm³/mol. The molecule has 2 aromatic carbocycles. The van der Waals surface area contributed by atoms with Crippen molar-refractivity contribution in [1.29, 1.82) is 0 Å². The van der Waals surface area contributed by atoms with E-state index >= 15 is 0 Å². The number of aryl methyl sites for hydroxylation is 1. The van der Waals surface area contributed by atoms with Crippen LogP contribution in [-0.2, 0) is 40.0 Å². The standard InChI is InChI=1S/C39H51F3N2O8S/c1-24-6-12-30(13-7-24)53(49,50)51-22-33(46)52-32-20-36(4,16-17-43-29-10-8-27(9-11-29)21-44-35(48)39(40,41)42)34(47)26(3)38-15-14-31(45)28(19-38)18-25(2)37(32,5)23-38/h6-13,25-26,28,32,34,43,47H,14-23H2,1-5H3,(H,44,48)/t25-,26+,28?,32-,34+,36+,37+,38+/m1/s1. The average Bonchev–Trinajstić information content (AvgIpc) is 3.19. The Kier molecular flexibility index (Phi) is 11.8. The normalized spacial score (nSPS) is 31.8. The van der Waals surface area contributed by atoms with Crippen LogP contribution in [0, 0.1) is 40.9 Å². The molecule has 3 fully saturated rings. The van der Waals surface area contributed by atoms with Crippen molar-refractivity contribution in [2.24, 2.45) is 34.0 Å². The molecule has 292 valence electrons. The summed E-state index contributed by atoms with van der Waals surface area (Å²) in [5, 5.41) is 17.4. The first-order valence-corrected chi connectivity index (χ1v) is 19.6. The minimum atomic E-state index is -4.97. The number of nitrogens with one attached hydrogen (secondary N) is 2. The summed E-state index contributed by atoms with van der Waals surface area (Å²) < 4.78 is 74.9. The van der Waals surface area contributed by atoms with E-state index in [1.54, 1.807) is 36.4 Å². The van der Waals surface area contributed by atoms with E-state index in [-0.39, 0.29) is 46.8 Å². The summed E-state index contributed by atoms with van der Waals surface area (Å²) in [6.07, 6.45) is -2.88. The number of Topliss-reactive ketones (excluding diaryl/α,β-unsaturated/α-hetero) is 1. The molecule has 3 aliphatic carbocycles. The van der Waals surface area contributed by atoms with Crippen molar-refractivity contribution in [3.05, 3.63) is 59.7 Å². The number of aliphatic hydroxyl groups is 1. The molecule has 8 atom stereocenters. The van der Waals surface area contributed by atoms with Crippen molar-refractivity contribution in [2.75, 3.05) is 18.5 Å². The number of carbonyl (C=O) groups excluding carboxylic acids is 3. The molecule has 0 aromatic heterocycles. The van der Waals surface area contributed by atoms with Crippen LogP contribution in [0.4, 0.5) is 18.9 Å². The van der Waals surface area contributed by atoms with Crippen molar-refractivity contribution in [3.8, 4) is 0 Å². The summed E-state index contributed by atoms with van der Waals surface area (Å²) in [5.74, 6) is -3.01. The minimum Gasteiger partial charge on any atom is -0.460 e.